The van der Waals surface area contributed by atoms with E-state index in [-0.39, 0.29) is 6.04 Å². The smallest absolute Gasteiger partial charge is 0.329 e. The number of hydrogen-bond acceptors (Lipinski definition) is 4. The van der Waals surface area contributed by atoms with Crippen LogP contribution in [0.4, 0.5) is 0 Å². The van der Waals surface area contributed by atoms with E-state index < -0.39 is 11.8 Å². The van der Waals surface area contributed by atoms with Gasteiger partial charge in [-0.1, -0.05) is 18.2 Å². The van der Waals surface area contributed by atoms with Crippen LogP contribution in [0.1, 0.15) is 19.4 Å². The van der Waals surface area contributed by atoms with Crippen molar-refractivity contribution in [2.45, 2.75) is 19.9 Å². The minimum atomic E-state index is -0.791. The molecule has 2 N–H and O–H groups in total. The molecule has 0 unspecified atom stereocenters. The molecule has 0 heterocycles. The van der Waals surface area contributed by atoms with Gasteiger partial charge in [-0.2, -0.15) is 5.10 Å². The lowest BCUT2D eigenvalue weighted by Gasteiger charge is -2.06. The highest BCUT2D eigenvalue weighted by Crippen LogP contribution is 2.21. The average molecular weight is 313 g/mol. The lowest BCUT2D eigenvalue weighted by Crippen LogP contribution is -2.41. The van der Waals surface area contributed by atoms with Crippen molar-refractivity contribution in [3.05, 3.63) is 42.0 Å². The third-order valence-electron chi connectivity index (χ3n) is 3.08. The lowest BCUT2D eigenvalue weighted by atomic mass is 10.1. The Morgan fingerprint density at radius 1 is 1.09 bits per heavy atom. The first-order chi connectivity index (χ1) is 11.0. The van der Waals surface area contributed by atoms with Crippen LogP contribution in [-0.2, 0) is 9.59 Å². The molecule has 2 aromatic rings. The largest absolute Gasteiger partial charge is 0.497 e. The van der Waals surface area contributed by atoms with E-state index in [4.69, 9.17) is 4.74 Å². The van der Waals surface area contributed by atoms with Crippen LogP contribution in [0.15, 0.2) is 41.5 Å². The predicted octanol–water partition coefficient (Wildman–Crippen LogP) is 1.82. The summed E-state index contributed by atoms with van der Waals surface area (Å²) in [6.07, 6.45) is 1.49. The summed E-state index contributed by atoms with van der Waals surface area (Å²) in [5.41, 5.74) is 3.01. The third kappa shape index (κ3) is 4.54. The number of benzene rings is 2. The molecule has 0 spiro atoms. The molecule has 0 radical (unpaired) electrons. The van der Waals surface area contributed by atoms with Gasteiger partial charge in [0.05, 0.1) is 13.3 Å². The maximum Gasteiger partial charge on any atom is 0.329 e. The van der Waals surface area contributed by atoms with Gasteiger partial charge in [0.25, 0.3) is 0 Å². The SMILES string of the molecule is COc1ccc2cc(/C=N\NC(=O)C(=O)NC(C)C)ccc2c1. The summed E-state index contributed by atoms with van der Waals surface area (Å²) in [7, 11) is 1.63. The second-order valence-corrected chi connectivity index (χ2v) is 5.30. The van der Waals surface area contributed by atoms with Crippen molar-refractivity contribution in [2.24, 2.45) is 5.10 Å². The van der Waals surface area contributed by atoms with Gasteiger partial charge in [0.15, 0.2) is 0 Å². The molecule has 0 fully saturated rings. The van der Waals surface area contributed by atoms with Crippen LogP contribution in [0, 0.1) is 0 Å². The van der Waals surface area contributed by atoms with E-state index >= 15 is 0 Å². The van der Waals surface area contributed by atoms with Gasteiger partial charge in [0.2, 0.25) is 0 Å². The molecular weight excluding hydrogens is 294 g/mol. The molecule has 2 aromatic carbocycles. The van der Waals surface area contributed by atoms with Gasteiger partial charge < -0.3 is 10.1 Å². The Labute approximate surface area is 134 Å². The molecular formula is C17H19N3O3. The monoisotopic (exact) mass is 313 g/mol. The number of ether oxygens (including phenoxy) is 1. The van der Waals surface area contributed by atoms with E-state index in [1.165, 1.54) is 6.21 Å². The van der Waals surface area contributed by atoms with Crippen molar-refractivity contribution in [1.29, 1.82) is 0 Å². The standard InChI is InChI=1S/C17H19N3O3/c1-11(2)19-16(21)17(22)20-18-10-12-4-5-14-9-15(23-3)7-6-13(14)8-12/h4-11H,1-3H3,(H,19,21)(H,20,22)/b18-10-. The second kappa shape index (κ2) is 7.40. The molecule has 2 amide bonds. The van der Waals surface area contributed by atoms with Crippen LogP contribution in [-0.4, -0.2) is 31.2 Å². The van der Waals surface area contributed by atoms with Gasteiger partial charge in [-0.25, -0.2) is 5.43 Å². The number of rotatable bonds is 4. The number of methoxy groups -OCH3 is 1. The Kier molecular flexibility index (Phi) is 5.30. The first-order valence-electron chi connectivity index (χ1n) is 7.21. The number of carbonyl (C=O) groups is 2. The number of amides is 2. The van der Waals surface area contributed by atoms with Crippen LogP contribution >= 0.6 is 0 Å². The summed E-state index contributed by atoms with van der Waals surface area (Å²) in [5, 5.41) is 8.36. The zero-order valence-electron chi connectivity index (χ0n) is 13.3. The Hall–Kier alpha value is -2.89. The highest BCUT2D eigenvalue weighted by atomic mass is 16.5. The molecule has 0 aliphatic carbocycles. The zero-order chi connectivity index (χ0) is 16.8. The van der Waals surface area contributed by atoms with Crippen LogP contribution in [0.3, 0.4) is 0 Å². The molecule has 0 aliphatic heterocycles. The number of hydrazone groups is 1. The van der Waals surface area contributed by atoms with E-state index in [2.05, 4.69) is 15.8 Å². The summed E-state index contributed by atoms with van der Waals surface area (Å²) in [6, 6.07) is 11.4. The summed E-state index contributed by atoms with van der Waals surface area (Å²) >= 11 is 0. The van der Waals surface area contributed by atoms with Gasteiger partial charge in [0, 0.05) is 6.04 Å². The fourth-order valence-corrected chi connectivity index (χ4v) is 1.99. The molecule has 0 saturated carbocycles. The van der Waals surface area contributed by atoms with Gasteiger partial charge in [-0.05, 0) is 48.4 Å². The number of nitrogens with zero attached hydrogens (tertiary/aromatic N) is 1. The van der Waals surface area contributed by atoms with Gasteiger partial charge in [-0.15, -0.1) is 0 Å². The molecule has 6 nitrogen and oxygen atoms in total. The van der Waals surface area contributed by atoms with Crippen LogP contribution < -0.4 is 15.5 Å². The minimum Gasteiger partial charge on any atom is -0.497 e. The van der Waals surface area contributed by atoms with E-state index in [9.17, 15) is 9.59 Å². The van der Waals surface area contributed by atoms with Crippen molar-refractivity contribution in [3.8, 4) is 5.75 Å². The van der Waals surface area contributed by atoms with Crippen molar-refractivity contribution in [3.63, 3.8) is 0 Å². The maximum absolute atomic E-state index is 11.5. The highest BCUT2D eigenvalue weighted by Gasteiger charge is 2.12. The van der Waals surface area contributed by atoms with Crippen molar-refractivity contribution in [2.75, 3.05) is 7.11 Å². The third-order valence-corrected chi connectivity index (χ3v) is 3.08. The summed E-state index contributed by atoms with van der Waals surface area (Å²) in [5.74, 6) is -0.703. The van der Waals surface area contributed by atoms with E-state index in [0.29, 0.717) is 0 Å². The summed E-state index contributed by atoms with van der Waals surface area (Å²) in [4.78, 5) is 22.9. The molecule has 6 heteroatoms. The molecule has 0 bridgehead atoms. The van der Waals surface area contributed by atoms with Crippen LogP contribution in [0.2, 0.25) is 0 Å². The second-order valence-electron chi connectivity index (χ2n) is 5.30. The van der Waals surface area contributed by atoms with E-state index in [0.717, 1.165) is 22.1 Å². The average Bonchev–Trinajstić information content (AvgIpc) is 2.53. The number of nitrogens with one attached hydrogen (secondary N) is 2. The van der Waals surface area contributed by atoms with Crippen LogP contribution in [0.25, 0.3) is 10.8 Å². The predicted molar refractivity (Wildman–Crippen MR) is 89.5 cm³/mol. The lowest BCUT2D eigenvalue weighted by molar-refractivity contribution is -0.139. The minimum absolute atomic E-state index is 0.102. The zero-order valence-corrected chi connectivity index (χ0v) is 13.3. The van der Waals surface area contributed by atoms with Gasteiger partial charge in [0.1, 0.15) is 5.75 Å². The number of hydrogen-bond donors (Lipinski definition) is 2. The topological polar surface area (TPSA) is 79.8 Å². The van der Waals surface area contributed by atoms with E-state index in [1.54, 1.807) is 21.0 Å². The summed E-state index contributed by atoms with van der Waals surface area (Å²) < 4.78 is 5.18. The fourth-order valence-electron chi connectivity index (χ4n) is 1.99. The Morgan fingerprint density at radius 3 is 2.48 bits per heavy atom. The molecule has 0 aromatic heterocycles. The fraction of sp³-hybridized carbons (Fsp3) is 0.235. The Morgan fingerprint density at radius 2 is 1.78 bits per heavy atom. The summed E-state index contributed by atoms with van der Waals surface area (Å²) in [6.45, 7) is 3.55. The van der Waals surface area contributed by atoms with E-state index in [1.807, 2.05) is 36.4 Å². The van der Waals surface area contributed by atoms with Crippen LogP contribution in [0.5, 0.6) is 5.75 Å². The highest BCUT2D eigenvalue weighted by molar-refractivity contribution is 6.35. The molecule has 0 saturated heterocycles. The first-order valence-corrected chi connectivity index (χ1v) is 7.21. The normalized spacial score (nSPS) is 11.0. The molecule has 0 atom stereocenters. The first kappa shape index (κ1) is 16.5. The quantitative estimate of drug-likeness (QED) is 0.513. The molecule has 2 rings (SSSR count). The Bertz CT molecular complexity index is 754. The number of carbonyl (C=O) groups excluding carboxylic acids is 2. The van der Waals surface area contributed by atoms with Gasteiger partial charge in [-0.3, -0.25) is 9.59 Å². The van der Waals surface area contributed by atoms with Crippen molar-refractivity contribution < 1.29 is 14.3 Å². The van der Waals surface area contributed by atoms with Gasteiger partial charge >= 0.3 is 11.8 Å². The molecule has 120 valence electrons. The Balaban J connectivity index is 2.04. The van der Waals surface area contributed by atoms with Crippen molar-refractivity contribution >= 4 is 28.8 Å². The maximum atomic E-state index is 11.5. The van der Waals surface area contributed by atoms with Crippen molar-refractivity contribution in [1.82, 2.24) is 10.7 Å². The molecule has 23 heavy (non-hydrogen) atoms. The molecule has 0 aliphatic rings. The number of fused-ring (bicyclic) bond motifs is 1.